The number of terminal acetylenes is 1. The van der Waals surface area contributed by atoms with Crippen molar-refractivity contribution in [2.45, 2.75) is 25.3 Å². The number of esters is 1. The minimum Gasteiger partial charge on any atom is -0.467 e. The van der Waals surface area contributed by atoms with Crippen LogP contribution in [0.3, 0.4) is 0 Å². The van der Waals surface area contributed by atoms with Gasteiger partial charge in [-0.3, -0.25) is 4.79 Å². The van der Waals surface area contributed by atoms with Crippen LogP contribution in [-0.2, 0) is 23.8 Å². The molecule has 6 nitrogen and oxygen atoms in total. The number of amides is 1. The molecule has 0 aliphatic rings. The summed E-state index contributed by atoms with van der Waals surface area (Å²) in [6.07, 6.45) is 6.77. The van der Waals surface area contributed by atoms with E-state index < -0.39 is 12.0 Å². The highest BCUT2D eigenvalue weighted by atomic mass is 16.5. The molecule has 1 amide bonds. The zero-order valence-corrected chi connectivity index (χ0v) is 11.4. The van der Waals surface area contributed by atoms with Gasteiger partial charge in [0.25, 0.3) is 0 Å². The van der Waals surface area contributed by atoms with Gasteiger partial charge in [-0.15, -0.1) is 12.3 Å². The van der Waals surface area contributed by atoms with E-state index in [1.54, 1.807) is 7.11 Å². The van der Waals surface area contributed by atoms with Gasteiger partial charge in [0.05, 0.1) is 20.3 Å². The van der Waals surface area contributed by atoms with Crippen molar-refractivity contribution in [1.29, 1.82) is 0 Å². The lowest BCUT2D eigenvalue weighted by atomic mass is 10.1. The number of hydrogen-bond donors (Lipinski definition) is 1. The van der Waals surface area contributed by atoms with Gasteiger partial charge in [-0.2, -0.15) is 0 Å². The van der Waals surface area contributed by atoms with Crippen LogP contribution in [0.1, 0.15) is 19.3 Å². The largest absolute Gasteiger partial charge is 0.467 e. The van der Waals surface area contributed by atoms with Gasteiger partial charge in [-0.1, -0.05) is 0 Å². The van der Waals surface area contributed by atoms with Crippen LogP contribution in [0.2, 0.25) is 0 Å². The first-order chi connectivity index (χ1) is 9.15. The van der Waals surface area contributed by atoms with Crippen LogP contribution in [0.15, 0.2) is 0 Å². The third-order valence-corrected chi connectivity index (χ3v) is 2.30. The molecular weight excluding hydrogens is 250 g/mol. The van der Waals surface area contributed by atoms with Crippen LogP contribution in [-0.4, -0.2) is 52.0 Å². The van der Waals surface area contributed by atoms with Crippen LogP contribution in [0.4, 0.5) is 0 Å². The number of hydrogen-bond acceptors (Lipinski definition) is 5. The SMILES string of the molecule is C#CCCC[C@@H](NC(=O)COCCOC)C(=O)OC. The summed E-state index contributed by atoms with van der Waals surface area (Å²) in [4.78, 5) is 23.0. The smallest absolute Gasteiger partial charge is 0.328 e. The molecule has 0 saturated carbocycles. The number of rotatable bonds is 10. The van der Waals surface area contributed by atoms with Crippen molar-refractivity contribution in [2.24, 2.45) is 0 Å². The first-order valence-electron chi connectivity index (χ1n) is 6.03. The van der Waals surface area contributed by atoms with Crippen molar-refractivity contribution in [3.63, 3.8) is 0 Å². The Morgan fingerprint density at radius 2 is 2.05 bits per heavy atom. The van der Waals surface area contributed by atoms with Crippen LogP contribution in [0.25, 0.3) is 0 Å². The van der Waals surface area contributed by atoms with Crippen molar-refractivity contribution in [1.82, 2.24) is 5.32 Å². The van der Waals surface area contributed by atoms with E-state index in [0.717, 1.165) is 0 Å². The second-order valence-electron chi connectivity index (χ2n) is 3.78. The summed E-state index contributed by atoms with van der Waals surface area (Å²) in [6, 6.07) is -0.683. The quantitative estimate of drug-likeness (QED) is 0.347. The van der Waals surface area contributed by atoms with Crippen molar-refractivity contribution < 1.29 is 23.8 Å². The van der Waals surface area contributed by atoms with Gasteiger partial charge >= 0.3 is 5.97 Å². The highest BCUT2D eigenvalue weighted by Gasteiger charge is 2.20. The maximum Gasteiger partial charge on any atom is 0.328 e. The molecule has 0 rings (SSSR count). The van der Waals surface area contributed by atoms with Crippen LogP contribution >= 0.6 is 0 Å². The molecule has 0 radical (unpaired) electrons. The molecule has 0 bridgehead atoms. The van der Waals surface area contributed by atoms with Gasteiger partial charge in [0.2, 0.25) is 5.91 Å². The Morgan fingerprint density at radius 1 is 1.32 bits per heavy atom. The first-order valence-corrected chi connectivity index (χ1v) is 6.03. The molecule has 19 heavy (non-hydrogen) atoms. The molecule has 6 heteroatoms. The normalized spacial score (nSPS) is 11.4. The molecule has 0 heterocycles. The third-order valence-electron chi connectivity index (χ3n) is 2.30. The second-order valence-corrected chi connectivity index (χ2v) is 3.78. The molecule has 0 aromatic rings. The summed E-state index contributed by atoms with van der Waals surface area (Å²) in [5, 5.41) is 2.56. The van der Waals surface area contributed by atoms with Crippen molar-refractivity contribution in [3.8, 4) is 12.3 Å². The second kappa shape index (κ2) is 11.5. The monoisotopic (exact) mass is 271 g/mol. The molecule has 1 atom stereocenters. The van der Waals surface area contributed by atoms with Crippen molar-refractivity contribution in [2.75, 3.05) is 34.0 Å². The summed E-state index contributed by atoms with van der Waals surface area (Å²) < 4.78 is 14.5. The van der Waals surface area contributed by atoms with Crippen molar-refractivity contribution >= 4 is 11.9 Å². The van der Waals surface area contributed by atoms with E-state index in [1.165, 1.54) is 7.11 Å². The molecular formula is C13H21NO5. The summed E-state index contributed by atoms with van der Waals surface area (Å²) in [7, 11) is 2.82. The average Bonchev–Trinajstić information content (AvgIpc) is 2.42. The molecule has 0 aromatic heterocycles. The number of carbonyl (C=O) groups excluding carboxylic acids is 2. The van der Waals surface area contributed by atoms with E-state index in [1.807, 2.05) is 0 Å². The third kappa shape index (κ3) is 9.05. The topological polar surface area (TPSA) is 73.9 Å². The number of ether oxygens (including phenoxy) is 3. The highest BCUT2D eigenvalue weighted by Crippen LogP contribution is 2.02. The van der Waals surface area contributed by atoms with E-state index >= 15 is 0 Å². The average molecular weight is 271 g/mol. The molecule has 0 spiro atoms. The lowest BCUT2D eigenvalue weighted by Gasteiger charge is -2.16. The standard InChI is InChI=1S/C13H21NO5/c1-4-5-6-7-11(13(16)18-3)14-12(15)10-19-9-8-17-2/h1,11H,5-10H2,2-3H3,(H,14,15)/t11-/m1/s1. The molecule has 0 aliphatic heterocycles. The van der Waals surface area contributed by atoms with Gasteiger partial charge in [0.15, 0.2) is 0 Å². The fraction of sp³-hybridized carbons (Fsp3) is 0.692. The van der Waals surface area contributed by atoms with Crippen LogP contribution in [0.5, 0.6) is 0 Å². The van der Waals surface area contributed by atoms with Gasteiger partial charge in [0.1, 0.15) is 12.6 Å². The summed E-state index contributed by atoms with van der Waals surface area (Å²) in [5.74, 6) is 1.63. The molecule has 108 valence electrons. The van der Waals surface area contributed by atoms with Gasteiger partial charge in [-0.05, 0) is 12.8 Å². The molecule has 0 aliphatic carbocycles. The van der Waals surface area contributed by atoms with Crippen LogP contribution in [0, 0.1) is 12.3 Å². The lowest BCUT2D eigenvalue weighted by molar-refractivity contribution is -0.145. The Hall–Kier alpha value is -1.58. The molecule has 0 aromatic carbocycles. The first kappa shape index (κ1) is 17.4. The Kier molecular flexibility index (Phi) is 10.6. The zero-order valence-electron chi connectivity index (χ0n) is 11.4. The molecule has 0 unspecified atom stereocenters. The Bertz CT molecular complexity index is 311. The lowest BCUT2D eigenvalue weighted by Crippen LogP contribution is -2.43. The summed E-state index contributed by atoms with van der Waals surface area (Å²) in [5.41, 5.74) is 0. The fourth-order valence-corrected chi connectivity index (χ4v) is 1.34. The van der Waals surface area contributed by atoms with Gasteiger partial charge in [-0.25, -0.2) is 4.79 Å². The number of unbranched alkanes of at least 4 members (excludes halogenated alkanes) is 1. The highest BCUT2D eigenvalue weighted by molar-refractivity contribution is 5.84. The minimum atomic E-state index is -0.683. The van der Waals surface area contributed by atoms with E-state index in [9.17, 15) is 9.59 Å². The van der Waals surface area contributed by atoms with E-state index in [2.05, 4.69) is 16.0 Å². The van der Waals surface area contributed by atoms with E-state index in [0.29, 0.717) is 32.5 Å². The maximum atomic E-state index is 11.5. The predicted molar refractivity (Wildman–Crippen MR) is 69.3 cm³/mol. The van der Waals surface area contributed by atoms with Crippen molar-refractivity contribution in [3.05, 3.63) is 0 Å². The molecule has 0 saturated heterocycles. The molecule has 1 N–H and O–H groups in total. The zero-order chi connectivity index (χ0) is 14.5. The number of nitrogens with one attached hydrogen (secondary N) is 1. The van der Waals surface area contributed by atoms with Crippen LogP contribution < -0.4 is 5.32 Å². The Labute approximate surface area is 113 Å². The van der Waals surface area contributed by atoms with E-state index in [-0.39, 0.29) is 12.5 Å². The van der Waals surface area contributed by atoms with E-state index in [4.69, 9.17) is 15.9 Å². The minimum absolute atomic E-state index is 0.119. The fourth-order valence-electron chi connectivity index (χ4n) is 1.34. The van der Waals surface area contributed by atoms with Gasteiger partial charge in [0, 0.05) is 13.5 Å². The van der Waals surface area contributed by atoms with Gasteiger partial charge < -0.3 is 19.5 Å². The maximum absolute atomic E-state index is 11.5. The number of carbonyl (C=O) groups is 2. The number of methoxy groups -OCH3 is 2. The predicted octanol–water partition coefficient (Wildman–Crippen LogP) is 0.111. The summed E-state index contributed by atoms with van der Waals surface area (Å²) >= 11 is 0. The Balaban J connectivity index is 4.05. The molecule has 0 fully saturated rings. The summed E-state index contributed by atoms with van der Waals surface area (Å²) in [6.45, 7) is 0.617. The Morgan fingerprint density at radius 3 is 2.63 bits per heavy atom.